The molecule has 1 heterocycles. The maximum atomic E-state index is 12.8. The van der Waals surface area contributed by atoms with E-state index in [9.17, 15) is 9.90 Å². The molecule has 1 fully saturated rings. The summed E-state index contributed by atoms with van der Waals surface area (Å²) in [4.78, 5) is 17.1. The first kappa shape index (κ1) is 20.4. The number of phenolic OH excluding ortho intramolecular Hbond substituents is 1. The van der Waals surface area contributed by atoms with Crippen molar-refractivity contribution in [1.82, 2.24) is 4.90 Å². The van der Waals surface area contributed by atoms with E-state index in [0.717, 1.165) is 25.2 Å². The SMILES string of the molecule is CCN(CC)c1ccc(C=C2SC(=S)N(CCc3ccccc3)C2=O)c(O)c1. The first-order chi connectivity index (χ1) is 13.5. The summed E-state index contributed by atoms with van der Waals surface area (Å²) in [5.74, 6) is 0.0668. The number of thioether (sulfide) groups is 1. The Bertz CT molecular complexity index is 893. The van der Waals surface area contributed by atoms with Crippen LogP contribution in [-0.2, 0) is 11.2 Å². The van der Waals surface area contributed by atoms with Crippen molar-refractivity contribution in [2.75, 3.05) is 24.5 Å². The predicted octanol–water partition coefficient (Wildman–Crippen LogP) is 4.68. The van der Waals surface area contributed by atoms with E-state index in [0.29, 0.717) is 21.3 Å². The van der Waals surface area contributed by atoms with E-state index in [4.69, 9.17) is 12.2 Å². The summed E-state index contributed by atoms with van der Waals surface area (Å²) >= 11 is 6.69. The molecule has 146 valence electrons. The molecule has 0 aromatic heterocycles. The Hall–Kier alpha value is -2.31. The summed E-state index contributed by atoms with van der Waals surface area (Å²) < 4.78 is 0.562. The molecule has 2 aromatic rings. The molecule has 1 amide bonds. The van der Waals surface area contributed by atoms with Crippen LogP contribution >= 0.6 is 24.0 Å². The fourth-order valence-electron chi connectivity index (χ4n) is 3.16. The van der Waals surface area contributed by atoms with Crippen LogP contribution in [0.3, 0.4) is 0 Å². The Balaban J connectivity index is 1.74. The average Bonchev–Trinajstić information content (AvgIpc) is 2.97. The van der Waals surface area contributed by atoms with Crippen molar-refractivity contribution in [2.24, 2.45) is 0 Å². The predicted molar refractivity (Wildman–Crippen MR) is 122 cm³/mol. The van der Waals surface area contributed by atoms with Gasteiger partial charge in [-0.3, -0.25) is 9.69 Å². The molecule has 0 atom stereocenters. The highest BCUT2D eigenvalue weighted by Crippen LogP contribution is 2.35. The van der Waals surface area contributed by atoms with Gasteiger partial charge in [0.15, 0.2) is 0 Å². The van der Waals surface area contributed by atoms with Gasteiger partial charge in [-0.1, -0.05) is 54.3 Å². The molecule has 1 saturated heterocycles. The molecule has 1 aliphatic heterocycles. The van der Waals surface area contributed by atoms with Crippen molar-refractivity contribution in [2.45, 2.75) is 20.3 Å². The number of hydrogen-bond donors (Lipinski definition) is 1. The molecule has 0 unspecified atom stereocenters. The molecule has 0 spiro atoms. The Kier molecular flexibility index (Phi) is 6.75. The van der Waals surface area contributed by atoms with Gasteiger partial charge in [0.25, 0.3) is 5.91 Å². The Morgan fingerprint density at radius 2 is 1.86 bits per heavy atom. The average molecular weight is 413 g/mol. The van der Waals surface area contributed by atoms with Gasteiger partial charge in [-0.25, -0.2) is 0 Å². The van der Waals surface area contributed by atoms with E-state index in [1.807, 2.05) is 42.5 Å². The largest absolute Gasteiger partial charge is 0.507 e. The minimum atomic E-state index is -0.0989. The van der Waals surface area contributed by atoms with Gasteiger partial charge < -0.3 is 10.0 Å². The van der Waals surface area contributed by atoms with E-state index < -0.39 is 0 Å². The number of carbonyl (C=O) groups is 1. The van der Waals surface area contributed by atoms with Gasteiger partial charge in [0, 0.05) is 37.0 Å². The summed E-state index contributed by atoms with van der Waals surface area (Å²) in [5.41, 5.74) is 2.76. The first-order valence-electron chi connectivity index (χ1n) is 9.40. The zero-order valence-electron chi connectivity index (χ0n) is 16.1. The van der Waals surface area contributed by atoms with Gasteiger partial charge in [0.2, 0.25) is 0 Å². The van der Waals surface area contributed by atoms with Gasteiger partial charge >= 0.3 is 0 Å². The summed E-state index contributed by atoms with van der Waals surface area (Å²) in [6.07, 6.45) is 2.48. The third kappa shape index (κ3) is 4.56. The number of nitrogens with zero attached hydrogens (tertiary/aromatic N) is 2. The van der Waals surface area contributed by atoms with Crippen molar-refractivity contribution in [3.63, 3.8) is 0 Å². The van der Waals surface area contributed by atoms with Gasteiger partial charge in [0.05, 0.1) is 4.91 Å². The number of carbonyl (C=O) groups excluding carboxylic acids is 1. The molecule has 6 heteroatoms. The van der Waals surface area contributed by atoms with Crippen LogP contribution in [0.25, 0.3) is 6.08 Å². The number of aromatic hydroxyl groups is 1. The molecular weight excluding hydrogens is 388 g/mol. The minimum absolute atomic E-state index is 0.0989. The smallest absolute Gasteiger partial charge is 0.266 e. The molecular formula is C22H24N2O2S2. The highest BCUT2D eigenvalue weighted by molar-refractivity contribution is 8.26. The van der Waals surface area contributed by atoms with Crippen molar-refractivity contribution < 1.29 is 9.90 Å². The number of rotatable bonds is 7. The molecule has 0 saturated carbocycles. The number of thiocarbonyl (C=S) groups is 1. The molecule has 1 N–H and O–H groups in total. The van der Waals surface area contributed by atoms with Crippen LogP contribution in [0.15, 0.2) is 53.4 Å². The van der Waals surface area contributed by atoms with Crippen LogP contribution in [0.4, 0.5) is 5.69 Å². The fourth-order valence-corrected chi connectivity index (χ4v) is 4.46. The van der Waals surface area contributed by atoms with Gasteiger partial charge in [-0.15, -0.1) is 0 Å². The molecule has 0 radical (unpaired) electrons. The number of benzene rings is 2. The highest BCUT2D eigenvalue weighted by Gasteiger charge is 2.31. The molecule has 3 rings (SSSR count). The van der Waals surface area contributed by atoms with Gasteiger partial charge in [-0.2, -0.15) is 0 Å². The minimum Gasteiger partial charge on any atom is -0.507 e. The molecule has 0 aliphatic carbocycles. The molecule has 1 aliphatic rings. The Morgan fingerprint density at radius 3 is 2.50 bits per heavy atom. The zero-order valence-corrected chi connectivity index (χ0v) is 17.7. The Labute approximate surface area is 175 Å². The number of anilines is 1. The molecule has 0 bridgehead atoms. The lowest BCUT2D eigenvalue weighted by atomic mass is 10.1. The normalized spacial score (nSPS) is 15.5. The Morgan fingerprint density at radius 1 is 1.14 bits per heavy atom. The standard InChI is InChI=1S/C22H24N2O2S2/c1-3-23(4-2)18-11-10-17(19(25)15-18)14-20-21(26)24(22(27)28-20)13-12-16-8-6-5-7-9-16/h5-11,14-15,25H,3-4,12-13H2,1-2H3. The van der Waals surface area contributed by atoms with Crippen LogP contribution in [0, 0.1) is 0 Å². The van der Waals surface area contributed by atoms with E-state index in [-0.39, 0.29) is 11.7 Å². The van der Waals surface area contributed by atoms with Gasteiger partial charge in [0.1, 0.15) is 10.1 Å². The monoisotopic (exact) mass is 412 g/mol. The molecule has 4 nitrogen and oxygen atoms in total. The highest BCUT2D eigenvalue weighted by atomic mass is 32.2. The van der Waals surface area contributed by atoms with E-state index in [2.05, 4.69) is 18.7 Å². The second-order valence-corrected chi connectivity index (χ2v) is 8.16. The number of hydrogen-bond acceptors (Lipinski definition) is 5. The van der Waals surface area contributed by atoms with Crippen LogP contribution < -0.4 is 4.90 Å². The third-order valence-corrected chi connectivity index (χ3v) is 6.15. The quantitative estimate of drug-likeness (QED) is 0.528. The van der Waals surface area contributed by atoms with E-state index in [1.54, 1.807) is 17.0 Å². The second kappa shape index (κ2) is 9.26. The third-order valence-electron chi connectivity index (χ3n) is 4.77. The van der Waals surface area contributed by atoms with E-state index >= 15 is 0 Å². The number of phenols is 1. The maximum Gasteiger partial charge on any atom is 0.266 e. The van der Waals surface area contributed by atoms with Crippen molar-refractivity contribution >= 4 is 46.0 Å². The van der Waals surface area contributed by atoms with Crippen molar-refractivity contribution in [1.29, 1.82) is 0 Å². The van der Waals surface area contributed by atoms with E-state index in [1.165, 1.54) is 17.3 Å². The number of amides is 1. The first-order valence-corrected chi connectivity index (χ1v) is 10.6. The molecule has 2 aromatic carbocycles. The maximum absolute atomic E-state index is 12.8. The summed E-state index contributed by atoms with van der Waals surface area (Å²) in [5, 5.41) is 10.4. The topological polar surface area (TPSA) is 43.8 Å². The van der Waals surface area contributed by atoms with Crippen molar-refractivity contribution in [3.05, 3.63) is 64.6 Å². The van der Waals surface area contributed by atoms with Crippen LogP contribution in [0.5, 0.6) is 5.75 Å². The van der Waals surface area contributed by atoms with Gasteiger partial charge in [-0.05, 0) is 44.0 Å². The lowest BCUT2D eigenvalue weighted by Gasteiger charge is -2.21. The lowest BCUT2D eigenvalue weighted by molar-refractivity contribution is -0.122. The van der Waals surface area contributed by atoms with Crippen LogP contribution in [0.2, 0.25) is 0 Å². The summed E-state index contributed by atoms with van der Waals surface area (Å²) in [7, 11) is 0. The van der Waals surface area contributed by atoms with Crippen molar-refractivity contribution in [3.8, 4) is 5.75 Å². The fraction of sp³-hybridized carbons (Fsp3) is 0.273. The second-order valence-electron chi connectivity index (χ2n) is 6.48. The summed E-state index contributed by atoms with van der Waals surface area (Å²) in [6.45, 7) is 6.45. The van der Waals surface area contributed by atoms with Crippen LogP contribution in [-0.4, -0.2) is 39.9 Å². The zero-order chi connectivity index (χ0) is 20.1. The van der Waals surface area contributed by atoms with Crippen LogP contribution in [0.1, 0.15) is 25.0 Å². The summed E-state index contributed by atoms with van der Waals surface area (Å²) in [6, 6.07) is 15.6. The molecule has 28 heavy (non-hydrogen) atoms. The lowest BCUT2D eigenvalue weighted by Crippen LogP contribution is -2.30.